The largest absolute Gasteiger partial charge is 0.343 e. The lowest BCUT2D eigenvalue weighted by molar-refractivity contribution is 0.0672. The van der Waals surface area contributed by atoms with Crippen molar-refractivity contribution < 1.29 is 14.0 Å². The van der Waals surface area contributed by atoms with Crippen molar-refractivity contribution in [1.82, 2.24) is 19.8 Å². The van der Waals surface area contributed by atoms with Crippen LogP contribution in [0.25, 0.3) is 0 Å². The lowest BCUT2D eigenvalue weighted by atomic mass is 9.92. The van der Waals surface area contributed by atoms with E-state index in [0.717, 1.165) is 18.5 Å². The van der Waals surface area contributed by atoms with Gasteiger partial charge in [0.2, 0.25) is 0 Å². The van der Waals surface area contributed by atoms with E-state index in [0.29, 0.717) is 30.8 Å². The highest BCUT2D eigenvalue weighted by atomic mass is 19.1. The van der Waals surface area contributed by atoms with E-state index in [1.54, 1.807) is 37.2 Å². The maximum atomic E-state index is 13.4. The highest BCUT2D eigenvalue weighted by molar-refractivity contribution is 5.94. The average Bonchev–Trinajstić information content (AvgIpc) is 2.67. The molecule has 0 aliphatic carbocycles. The Labute approximate surface area is 158 Å². The van der Waals surface area contributed by atoms with E-state index < -0.39 is 5.82 Å². The molecule has 1 aliphatic heterocycles. The van der Waals surface area contributed by atoms with Gasteiger partial charge in [-0.15, -0.1) is 0 Å². The van der Waals surface area contributed by atoms with Gasteiger partial charge in [0.05, 0.1) is 0 Å². The van der Waals surface area contributed by atoms with Crippen LogP contribution in [0.3, 0.4) is 0 Å². The molecule has 1 aliphatic rings. The number of amides is 2. The zero-order chi connectivity index (χ0) is 19.4. The van der Waals surface area contributed by atoms with Crippen molar-refractivity contribution in [2.24, 2.45) is 5.92 Å². The highest BCUT2D eigenvalue weighted by Gasteiger charge is 2.25. The molecule has 0 radical (unpaired) electrons. The third kappa shape index (κ3) is 4.67. The Morgan fingerprint density at radius 2 is 2.07 bits per heavy atom. The minimum atomic E-state index is -0.409. The van der Waals surface area contributed by atoms with Crippen LogP contribution in [0.4, 0.5) is 4.39 Å². The molecule has 1 saturated heterocycles. The Hall–Kier alpha value is -2.83. The number of benzene rings is 1. The third-order valence-electron chi connectivity index (χ3n) is 4.72. The molecule has 142 valence electrons. The Morgan fingerprint density at radius 3 is 2.81 bits per heavy atom. The van der Waals surface area contributed by atoms with E-state index in [4.69, 9.17) is 0 Å². The van der Waals surface area contributed by atoms with Crippen molar-refractivity contribution in [3.05, 3.63) is 59.4 Å². The average molecular weight is 370 g/mol. The lowest BCUT2D eigenvalue weighted by Gasteiger charge is -2.32. The Bertz CT molecular complexity index is 840. The molecular weight excluding hydrogens is 347 g/mol. The number of piperidine rings is 1. The zero-order valence-corrected chi connectivity index (χ0v) is 15.6. The summed E-state index contributed by atoms with van der Waals surface area (Å²) in [7, 11) is 3.36. The number of likely N-dealkylation sites (tertiary alicyclic amines) is 1. The van der Waals surface area contributed by atoms with Crippen LogP contribution in [0, 0.1) is 11.7 Å². The number of carbonyl (C=O) groups excluding carboxylic acids is 2. The van der Waals surface area contributed by atoms with Gasteiger partial charge in [-0.3, -0.25) is 9.59 Å². The van der Waals surface area contributed by atoms with Gasteiger partial charge in [0.25, 0.3) is 11.8 Å². The van der Waals surface area contributed by atoms with E-state index in [1.165, 1.54) is 23.4 Å². The quantitative estimate of drug-likeness (QED) is 0.829. The van der Waals surface area contributed by atoms with Crippen LogP contribution >= 0.6 is 0 Å². The summed E-state index contributed by atoms with van der Waals surface area (Å²) in [4.78, 5) is 36.3. The number of halogens is 1. The maximum absolute atomic E-state index is 13.4. The smallest absolute Gasteiger partial charge is 0.272 e. The van der Waals surface area contributed by atoms with Crippen LogP contribution in [-0.2, 0) is 6.42 Å². The van der Waals surface area contributed by atoms with Gasteiger partial charge in [-0.1, -0.05) is 6.07 Å². The van der Waals surface area contributed by atoms with Gasteiger partial charge in [0, 0.05) is 38.4 Å². The minimum absolute atomic E-state index is 0.148. The first kappa shape index (κ1) is 18.9. The molecule has 1 aromatic carbocycles. The van der Waals surface area contributed by atoms with Gasteiger partial charge in [-0.05, 0) is 49.4 Å². The Morgan fingerprint density at radius 1 is 1.26 bits per heavy atom. The topological polar surface area (TPSA) is 66.4 Å². The number of aromatic nitrogens is 2. The van der Waals surface area contributed by atoms with Crippen molar-refractivity contribution in [2.45, 2.75) is 19.3 Å². The summed E-state index contributed by atoms with van der Waals surface area (Å²) in [6.45, 7) is 1.26. The van der Waals surface area contributed by atoms with E-state index >= 15 is 0 Å². The van der Waals surface area contributed by atoms with Gasteiger partial charge >= 0.3 is 0 Å². The van der Waals surface area contributed by atoms with E-state index in [-0.39, 0.29) is 17.7 Å². The van der Waals surface area contributed by atoms with E-state index in [1.807, 2.05) is 0 Å². The van der Waals surface area contributed by atoms with Crippen LogP contribution < -0.4 is 0 Å². The fourth-order valence-corrected chi connectivity index (χ4v) is 3.37. The van der Waals surface area contributed by atoms with Crippen LogP contribution in [-0.4, -0.2) is 58.8 Å². The van der Waals surface area contributed by atoms with Crippen LogP contribution in [0.5, 0.6) is 0 Å². The molecule has 7 heteroatoms. The Balaban J connectivity index is 1.67. The summed E-state index contributed by atoms with van der Waals surface area (Å²) >= 11 is 0. The number of carbonyl (C=O) groups is 2. The van der Waals surface area contributed by atoms with Gasteiger partial charge in [-0.2, -0.15) is 0 Å². The maximum Gasteiger partial charge on any atom is 0.272 e. The normalized spacial score (nSPS) is 16.9. The molecular formula is C20H23FN4O2. The molecule has 6 nitrogen and oxygen atoms in total. The van der Waals surface area contributed by atoms with Crippen molar-refractivity contribution >= 4 is 11.8 Å². The van der Waals surface area contributed by atoms with Gasteiger partial charge in [-0.25, -0.2) is 14.4 Å². The molecule has 0 saturated carbocycles. The molecule has 2 heterocycles. The summed E-state index contributed by atoms with van der Waals surface area (Å²) in [6, 6.07) is 7.51. The molecule has 1 fully saturated rings. The fourth-order valence-electron chi connectivity index (χ4n) is 3.37. The molecule has 2 aromatic rings. The van der Waals surface area contributed by atoms with Crippen molar-refractivity contribution in [1.29, 1.82) is 0 Å². The first-order valence-electron chi connectivity index (χ1n) is 9.01. The predicted octanol–water partition coefficient (Wildman–Crippen LogP) is 2.41. The molecule has 0 unspecified atom stereocenters. The molecule has 0 N–H and O–H groups in total. The highest BCUT2D eigenvalue weighted by Crippen LogP contribution is 2.22. The second-order valence-electron chi connectivity index (χ2n) is 7.07. The van der Waals surface area contributed by atoms with Gasteiger partial charge in [0.15, 0.2) is 0 Å². The SMILES string of the molecule is CN(C)C(=O)c1cc(C[C@H]2CCCN(C(=O)c3cccc(F)c3)C2)ncn1. The standard InChI is InChI=1S/C20H23FN4O2/c1-24(2)20(27)18-11-17(22-13-23-18)9-14-5-4-8-25(12-14)19(26)15-6-3-7-16(21)10-15/h3,6-7,10-11,13-14H,4-5,8-9,12H2,1-2H3/t14-/m1/s1. The minimum Gasteiger partial charge on any atom is -0.343 e. The second kappa shape index (κ2) is 8.24. The molecule has 2 amide bonds. The monoisotopic (exact) mass is 370 g/mol. The summed E-state index contributed by atoms with van der Waals surface area (Å²) in [5.74, 6) is -0.475. The number of rotatable bonds is 4. The zero-order valence-electron chi connectivity index (χ0n) is 15.6. The summed E-state index contributed by atoms with van der Waals surface area (Å²) in [5, 5.41) is 0. The summed E-state index contributed by atoms with van der Waals surface area (Å²) < 4.78 is 13.4. The third-order valence-corrected chi connectivity index (χ3v) is 4.72. The van der Waals surface area contributed by atoms with E-state index in [9.17, 15) is 14.0 Å². The molecule has 3 rings (SSSR count). The summed E-state index contributed by atoms with van der Waals surface area (Å²) in [6.07, 6.45) is 3.95. The van der Waals surface area contributed by atoms with Crippen molar-refractivity contribution in [3.8, 4) is 0 Å². The molecule has 0 spiro atoms. The van der Waals surface area contributed by atoms with Crippen LogP contribution in [0.2, 0.25) is 0 Å². The van der Waals surface area contributed by atoms with Crippen LogP contribution in [0.15, 0.2) is 36.7 Å². The number of hydrogen-bond donors (Lipinski definition) is 0. The first-order valence-corrected chi connectivity index (χ1v) is 9.01. The fraction of sp³-hybridized carbons (Fsp3) is 0.400. The number of hydrogen-bond acceptors (Lipinski definition) is 4. The predicted molar refractivity (Wildman–Crippen MR) is 98.8 cm³/mol. The Kier molecular flexibility index (Phi) is 5.78. The lowest BCUT2D eigenvalue weighted by Crippen LogP contribution is -2.40. The van der Waals surface area contributed by atoms with Gasteiger partial charge in [0.1, 0.15) is 17.8 Å². The van der Waals surface area contributed by atoms with Crippen LogP contribution in [0.1, 0.15) is 39.4 Å². The van der Waals surface area contributed by atoms with Crippen molar-refractivity contribution in [2.75, 3.05) is 27.2 Å². The number of nitrogens with zero attached hydrogens (tertiary/aromatic N) is 4. The van der Waals surface area contributed by atoms with E-state index in [2.05, 4.69) is 9.97 Å². The van der Waals surface area contributed by atoms with Gasteiger partial charge < -0.3 is 9.80 Å². The molecule has 1 atom stereocenters. The summed E-state index contributed by atoms with van der Waals surface area (Å²) in [5.41, 5.74) is 1.53. The molecule has 1 aromatic heterocycles. The second-order valence-corrected chi connectivity index (χ2v) is 7.07. The molecule has 0 bridgehead atoms. The van der Waals surface area contributed by atoms with Crippen molar-refractivity contribution in [3.63, 3.8) is 0 Å². The molecule has 27 heavy (non-hydrogen) atoms. The first-order chi connectivity index (χ1) is 12.9.